The van der Waals surface area contributed by atoms with Crippen LogP contribution < -0.4 is 5.43 Å². The van der Waals surface area contributed by atoms with E-state index in [1.54, 1.807) is 12.1 Å². The smallest absolute Gasteiger partial charge is 0.355 e. The van der Waals surface area contributed by atoms with Crippen LogP contribution in [-0.4, -0.2) is 20.9 Å². The molecule has 6 nitrogen and oxygen atoms in total. The van der Waals surface area contributed by atoms with Crippen molar-refractivity contribution < 1.29 is 9.53 Å². The van der Waals surface area contributed by atoms with E-state index in [1.807, 2.05) is 74.5 Å². The zero-order chi connectivity index (χ0) is 25.2. The van der Waals surface area contributed by atoms with Gasteiger partial charge in [0.15, 0.2) is 5.43 Å². The predicted molar refractivity (Wildman–Crippen MR) is 141 cm³/mol. The number of nitrogens with zero attached hydrogens (tertiary/aromatic N) is 2. The summed E-state index contributed by atoms with van der Waals surface area (Å²) in [6.07, 6.45) is 0. The summed E-state index contributed by atoms with van der Waals surface area (Å²) < 4.78 is 5.43. The van der Waals surface area contributed by atoms with Gasteiger partial charge in [-0.1, -0.05) is 71.8 Å². The number of aromatic amines is 1. The quantitative estimate of drug-likeness (QED) is 0.229. The van der Waals surface area contributed by atoms with Crippen LogP contribution in [0.1, 0.15) is 27.3 Å². The second-order valence-electron chi connectivity index (χ2n) is 8.58. The van der Waals surface area contributed by atoms with Crippen molar-refractivity contribution in [3.8, 4) is 22.4 Å². The molecule has 0 saturated carbocycles. The Balaban J connectivity index is 1.59. The van der Waals surface area contributed by atoms with E-state index < -0.39 is 5.97 Å². The molecule has 0 radical (unpaired) electrons. The van der Waals surface area contributed by atoms with Crippen LogP contribution in [0, 0.1) is 13.8 Å². The average molecular weight is 496 g/mol. The molecule has 3 aromatic heterocycles. The normalized spacial score (nSPS) is 11.0. The number of carbonyl (C=O) groups excluding carboxylic acids is 1. The van der Waals surface area contributed by atoms with Crippen LogP contribution >= 0.6 is 11.6 Å². The molecule has 0 amide bonds. The molecule has 0 bridgehead atoms. The summed E-state index contributed by atoms with van der Waals surface area (Å²) in [6, 6.07) is 24.0. The number of halogens is 1. The van der Waals surface area contributed by atoms with Crippen LogP contribution in [0.25, 0.3) is 33.4 Å². The largest absolute Gasteiger partial charge is 0.456 e. The first kappa shape index (κ1) is 23.5. The van der Waals surface area contributed by atoms with E-state index >= 15 is 0 Å². The average Bonchev–Trinajstić information content (AvgIpc) is 2.87. The molecule has 0 spiro atoms. The third-order valence-corrected chi connectivity index (χ3v) is 6.00. The number of ether oxygens (including phenoxy) is 1. The van der Waals surface area contributed by atoms with Crippen LogP contribution in [0.3, 0.4) is 0 Å². The number of benzene rings is 2. The van der Waals surface area contributed by atoms with Crippen molar-refractivity contribution in [3.05, 3.63) is 117 Å². The summed E-state index contributed by atoms with van der Waals surface area (Å²) in [5, 5.41) is 0.704. The Bertz CT molecular complexity index is 1630. The van der Waals surface area contributed by atoms with Crippen molar-refractivity contribution in [2.24, 2.45) is 0 Å². The summed E-state index contributed by atoms with van der Waals surface area (Å²) in [7, 11) is 0. The number of esters is 1. The highest BCUT2D eigenvalue weighted by molar-refractivity contribution is 6.29. The number of carbonyl (C=O) groups is 1. The first-order valence-electron chi connectivity index (χ1n) is 11.4. The molecule has 36 heavy (non-hydrogen) atoms. The Labute approximate surface area is 212 Å². The number of fused-ring (bicyclic) bond motifs is 1. The highest BCUT2D eigenvalue weighted by Crippen LogP contribution is 2.33. The molecule has 0 aliphatic rings. The van der Waals surface area contributed by atoms with E-state index in [-0.39, 0.29) is 17.7 Å². The van der Waals surface area contributed by atoms with Gasteiger partial charge in [-0.05, 0) is 43.2 Å². The molecule has 1 N–H and O–H groups in total. The van der Waals surface area contributed by atoms with Crippen molar-refractivity contribution >= 4 is 28.6 Å². The number of hydrogen-bond acceptors (Lipinski definition) is 5. The van der Waals surface area contributed by atoms with E-state index in [0.29, 0.717) is 21.9 Å². The summed E-state index contributed by atoms with van der Waals surface area (Å²) in [5.41, 5.74) is 5.76. The van der Waals surface area contributed by atoms with Gasteiger partial charge in [0.1, 0.15) is 23.1 Å². The van der Waals surface area contributed by atoms with Gasteiger partial charge in [-0.2, -0.15) is 0 Å². The fourth-order valence-corrected chi connectivity index (χ4v) is 4.26. The maximum absolute atomic E-state index is 13.1. The van der Waals surface area contributed by atoms with Gasteiger partial charge in [0, 0.05) is 22.9 Å². The number of hydrogen-bond donors (Lipinski definition) is 1. The van der Waals surface area contributed by atoms with Gasteiger partial charge < -0.3 is 9.72 Å². The predicted octanol–water partition coefficient (Wildman–Crippen LogP) is 6.28. The zero-order valence-corrected chi connectivity index (χ0v) is 20.5. The zero-order valence-electron chi connectivity index (χ0n) is 19.7. The lowest BCUT2D eigenvalue weighted by Gasteiger charge is -2.13. The monoisotopic (exact) mass is 495 g/mol. The van der Waals surface area contributed by atoms with Crippen LogP contribution in [0.15, 0.2) is 83.7 Å². The summed E-state index contributed by atoms with van der Waals surface area (Å²) in [6.45, 7) is 3.94. The van der Waals surface area contributed by atoms with Crippen molar-refractivity contribution in [1.82, 2.24) is 15.0 Å². The number of rotatable bonds is 5. The molecule has 0 aliphatic heterocycles. The van der Waals surface area contributed by atoms with Gasteiger partial charge in [-0.3, -0.25) is 4.79 Å². The van der Waals surface area contributed by atoms with Crippen molar-refractivity contribution in [2.45, 2.75) is 20.5 Å². The Kier molecular flexibility index (Phi) is 6.36. The Morgan fingerprint density at radius 1 is 0.917 bits per heavy atom. The first-order chi connectivity index (χ1) is 17.4. The lowest BCUT2D eigenvalue weighted by Crippen LogP contribution is -2.14. The maximum atomic E-state index is 13.1. The van der Waals surface area contributed by atoms with Crippen molar-refractivity contribution in [1.29, 1.82) is 0 Å². The van der Waals surface area contributed by atoms with E-state index in [0.717, 1.165) is 33.5 Å². The van der Waals surface area contributed by atoms with Gasteiger partial charge in [-0.25, -0.2) is 14.8 Å². The highest BCUT2D eigenvalue weighted by Gasteiger charge is 2.17. The maximum Gasteiger partial charge on any atom is 0.355 e. The number of pyridine rings is 3. The molecule has 0 aliphatic carbocycles. The molecule has 5 aromatic rings. The standard InChI is InChI=1S/C29H22ClN3O3/c1-17-8-10-19(11-9-17)16-36-29(35)24-15-25(34)23-14-22(21-12-18(2)31-26(30)13-21)27(33-28(23)32-24)20-6-4-3-5-7-20/h3-15H,16H2,1-2H3,(H,32,33,34). The minimum Gasteiger partial charge on any atom is -0.456 e. The Morgan fingerprint density at radius 2 is 1.67 bits per heavy atom. The van der Waals surface area contributed by atoms with E-state index in [9.17, 15) is 9.59 Å². The molecule has 7 heteroatoms. The van der Waals surface area contributed by atoms with Crippen LogP contribution in [0.4, 0.5) is 0 Å². The molecule has 0 saturated heterocycles. The molecular weight excluding hydrogens is 474 g/mol. The third-order valence-electron chi connectivity index (χ3n) is 5.81. The molecule has 5 rings (SSSR count). The van der Waals surface area contributed by atoms with E-state index in [4.69, 9.17) is 21.3 Å². The van der Waals surface area contributed by atoms with Crippen LogP contribution in [-0.2, 0) is 11.3 Å². The number of aryl methyl sites for hydroxylation is 2. The fraction of sp³-hybridized carbons (Fsp3) is 0.103. The molecule has 2 aromatic carbocycles. The summed E-state index contributed by atoms with van der Waals surface area (Å²) >= 11 is 6.23. The Hall–Kier alpha value is -4.29. The summed E-state index contributed by atoms with van der Waals surface area (Å²) in [5.74, 6) is -0.627. The fourth-order valence-electron chi connectivity index (χ4n) is 4.01. The van der Waals surface area contributed by atoms with Gasteiger partial charge in [-0.15, -0.1) is 0 Å². The van der Waals surface area contributed by atoms with Crippen molar-refractivity contribution in [3.63, 3.8) is 0 Å². The lowest BCUT2D eigenvalue weighted by atomic mass is 9.98. The van der Waals surface area contributed by atoms with Gasteiger partial charge in [0.05, 0.1) is 11.1 Å². The molecule has 0 unspecified atom stereocenters. The van der Waals surface area contributed by atoms with E-state index in [1.165, 1.54) is 6.07 Å². The van der Waals surface area contributed by atoms with Gasteiger partial charge in [0.2, 0.25) is 0 Å². The molecule has 0 fully saturated rings. The third kappa shape index (κ3) is 4.90. The number of H-pyrrole nitrogens is 1. The molecule has 3 heterocycles. The van der Waals surface area contributed by atoms with E-state index in [2.05, 4.69) is 9.97 Å². The lowest BCUT2D eigenvalue weighted by molar-refractivity contribution is 0.0466. The second kappa shape index (κ2) is 9.76. The highest BCUT2D eigenvalue weighted by atomic mass is 35.5. The topological polar surface area (TPSA) is 84.9 Å². The van der Waals surface area contributed by atoms with Crippen molar-refractivity contribution in [2.75, 3.05) is 0 Å². The number of nitrogens with one attached hydrogen (secondary N) is 1. The van der Waals surface area contributed by atoms with Crippen LogP contribution in [0.2, 0.25) is 5.15 Å². The summed E-state index contributed by atoms with van der Waals surface area (Å²) in [4.78, 5) is 37.9. The first-order valence-corrected chi connectivity index (χ1v) is 11.8. The molecular formula is C29H22ClN3O3. The van der Waals surface area contributed by atoms with Crippen LogP contribution in [0.5, 0.6) is 0 Å². The molecule has 178 valence electrons. The van der Waals surface area contributed by atoms with Gasteiger partial charge >= 0.3 is 5.97 Å². The Morgan fingerprint density at radius 3 is 2.39 bits per heavy atom. The van der Waals surface area contributed by atoms with Gasteiger partial charge in [0.25, 0.3) is 0 Å². The second-order valence-corrected chi connectivity index (χ2v) is 8.96. The minimum absolute atomic E-state index is 0.0432. The molecule has 0 atom stereocenters. The minimum atomic E-state index is -0.627. The number of aromatic nitrogens is 3. The SMILES string of the molecule is Cc1ccc(COC(=O)c2cc(=O)c3cc(-c4cc(C)nc(Cl)c4)c(-c4ccccc4)nc3[nH]2)cc1.